The maximum atomic E-state index is 12.9. The molecule has 4 unspecified atom stereocenters. The van der Waals surface area contributed by atoms with Crippen LogP contribution in [0.1, 0.15) is 75.8 Å². The van der Waals surface area contributed by atoms with Gasteiger partial charge in [-0.25, -0.2) is 17.9 Å². The Balaban J connectivity index is 1.34. The van der Waals surface area contributed by atoms with Gasteiger partial charge in [0.15, 0.2) is 0 Å². The summed E-state index contributed by atoms with van der Waals surface area (Å²) in [6, 6.07) is 8.88. The summed E-state index contributed by atoms with van der Waals surface area (Å²) in [5.74, 6) is 1.56. The molecule has 200 valence electrons. The van der Waals surface area contributed by atoms with E-state index in [1.54, 1.807) is 18.2 Å². The zero-order valence-corrected chi connectivity index (χ0v) is 22.7. The normalized spacial score (nSPS) is 25.3. The summed E-state index contributed by atoms with van der Waals surface area (Å²) >= 11 is 0. The van der Waals surface area contributed by atoms with Gasteiger partial charge in [-0.2, -0.15) is 5.26 Å². The molecule has 4 rings (SSSR count). The summed E-state index contributed by atoms with van der Waals surface area (Å²) in [6.45, 7) is 4.05. The SMILES string of the molecule is CCCCN(C/C=C/S(=O)(=O)NC(=O)NC1C2=CCCC2CCC2CCCC21)Cc1ccc(C#N)cc1. The number of carbonyl (C=O) groups excluding carboxylic acids is 1. The predicted molar refractivity (Wildman–Crippen MR) is 146 cm³/mol. The standard InChI is InChI=1S/C29H40N4O3S/c1-2-3-17-33(21-23-13-11-22(20-30)12-14-23)18-6-19-37(35,36)32-29(34)31-28-26-9-4-7-24(26)15-16-25-8-5-10-27(25)28/h6,9,11-14,19,24-25,27-28H,2-5,7-8,10,15-18,21H2,1H3,(H2,31,32,34)/b19-6+. The van der Waals surface area contributed by atoms with Gasteiger partial charge in [0.25, 0.3) is 10.0 Å². The number of hydrogen-bond donors (Lipinski definition) is 2. The van der Waals surface area contributed by atoms with Gasteiger partial charge in [-0.1, -0.05) is 50.5 Å². The van der Waals surface area contributed by atoms with E-state index in [0.29, 0.717) is 36.4 Å². The molecule has 0 aromatic heterocycles. The Morgan fingerprint density at radius 3 is 2.73 bits per heavy atom. The highest BCUT2D eigenvalue weighted by atomic mass is 32.2. The molecule has 0 radical (unpaired) electrons. The van der Waals surface area contributed by atoms with Crippen LogP contribution in [0.5, 0.6) is 0 Å². The van der Waals surface area contributed by atoms with Crippen molar-refractivity contribution in [3.05, 3.63) is 58.5 Å². The third-order valence-electron chi connectivity index (χ3n) is 8.24. The van der Waals surface area contributed by atoms with Crippen LogP contribution in [0.4, 0.5) is 4.79 Å². The Morgan fingerprint density at radius 2 is 1.97 bits per heavy atom. The smallest absolute Gasteiger partial charge is 0.329 e. The van der Waals surface area contributed by atoms with Crippen LogP contribution >= 0.6 is 0 Å². The van der Waals surface area contributed by atoms with E-state index >= 15 is 0 Å². The van der Waals surface area contributed by atoms with E-state index in [2.05, 4.69) is 34.0 Å². The second-order valence-electron chi connectivity index (χ2n) is 10.8. The first kappa shape index (κ1) is 27.4. The fourth-order valence-electron chi connectivity index (χ4n) is 6.40. The highest BCUT2D eigenvalue weighted by Gasteiger charge is 2.42. The highest BCUT2D eigenvalue weighted by Crippen LogP contribution is 2.47. The van der Waals surface area contributed by atoms with Crippen molar-refractivity contribution in [3.63, 3.8) is 0 Å². The maximum absolute atomic E-state index is 12.9. The molecule has 1 aromatic carbocycles. The lowest BCUT2D eigenvalue weighted by Gasteiger charge is -2.29. The average Bonchev–Trinajstić information content (AvgIpc) is 3.52. The number of fused-ring (bicyclic) bond motifs is 2. The predicted octanol–water partition coefficient (Wildman–Crippen LogP) is 5.22. The van der Waals surface area contributed by atoms with Crippen molar-refractivity contribution in [2.45, 2.75) is 77.3 Å². The molecule has 0 saturated heterocycles. The molecule has 0 heterocycles. The zero-order valence-electron chi connectivity index (χ0n) is 21.9. The number of allylic oxidation sites excluding steroid dienone is 1. The molecule has 0 spiro atoms. The first-order valence-corrected chi connectivity index (χ1v) is 15.3. The first-order valence-electron chi connectivity index (χ1n) is 13.8. The van der Waals surface area contributed by atoms with E-state index in [0.717, 1.165) is 49.6 Å². The Bertz CT molecular complexity index is 1140. The minimum Gasteiger partial charge on any atom is -0.331 e. The minimum absolute atomic E-state index is 0.0568. The van der Waals surface area contributed by atoms with Gasteiger partial charge in [-0.15, -0.1) is 0 Å². The van der Waals surface area contributed by atoms with Crippen LogP contribution in [-0.4, -0.2) is 38.5 Å². The number of nitriles is 1. The number of nitrogens with one attached hydrogen (secondary N) is 2. The molecular weight excluding hydrogens is 484 g/mol. The van der Waals surface area contributed by atoms with Gasteiger partial charge in [0.2, 0.25) is 0 Å². The number of sulfonamides is 1. The Labute approximate surface area is 222 Å². The van der Waals surface area contributed by atoms with Gasteiger partial charge < -0.3 is 5.32 Å². The number of nitrogens with zero attached hydrogens (tertiary/aromatic N) is 2. The molecule has 2 saturated carbocycles. The van der Waals surface area contributed by atoms with Gasteiger partial charge in [0.1, 0.15) is 0 Å². The van der Waals surface area contributed by atoms with Crippen molar-refractivity contribution in [3.8, 4) is 6.07 Å². The Hall–Kier alpha value is -2.63. The third-order valence-corrected chi connectivity index (χ3v) is 9.26. The molecule has 2 fully saturated rings. The van der Waals surface area contributed by atoms with E-state index in [1.165, 1.54) is 31.3 Å². The van der Waals surface area contributed by atoms with Gasteiger partial charge in [0.05, 0.1) is 17.7 Å². The quantitative estimate of drug-likeness (QED) is 0.409. The second kappa shape index (κ2) is 12.7. The number of carbonyl (C=O) groups is 1. The summed E-state index contributed by atoms with van der Waals surface area (Å²) < 4.78 is 27.6. The lowest BCUT2D eigenvalue weighted by Crippen LogP contribution is -2.48. The van der Waals surface area contributed by atoms with Gasteiger partial charge in [-0.3, -0.25) is 4.90 Å². The summed E-state index contributed by atoms with van der Waals surface area (Å²) in [4.78, 5) is 15.0. The molecule has 1 aromatic rings. The third kappa shape index (κ3) is 7.45. The lowest BCUT2D eigenvalue weighted by atomic mass is 9.85. The Morgan fingerprint density at radius 1 is 1.16 bits per heavy atom. The van der Waals surface area contributed by atoms with Crippen LogP contribution in [0.25, 0.3) is 0 Å². The van der Waals surface area contributed by atoms with E-state index < -0.39 is 16.1 Å². The molecule has 0 aliphatic heterocycles. The highest BCUT2D eigenvalue weighted by molar-refractivity contribution is 7.92. The molecule has 8 heteroatoms. The molecule has 37 heavy (non-hydrogen) atoms. The van der Waals surface area contributed by atoms with E-state index in [-0.39, 0.29) is 6.04 Å². The zero-order chi connectivity index (χ0) is 26.3. The summed E-state index contributed by atoms with van der Waals surface area (Å²) in [5, 5.41) is 13.2. The van der Waals surface area contributed by atoms with Crippen molar-refractivity contribution in [1.82, 2.24) is 14.9 Å². The number of benzene rings is 1. The van der Waals surface area contributed by atoms with E-state index in [1.807, 2.05) is 12.1 Å². The lowest BCUT2D eigenvalue weighted by molar-refractivity contribution is 0.234. The summed E-state index contributed by atoms with van der Waals surface area (Å²) in [7, 11) is -3.91. The minimum atomic E-state index is -3.91. The van der Waals surface area contributed by atoms with Crippen LogP contribution in [-0.2, 0) is 16.6 Å². The van der Waals surface area contributed by atoms with Crippen LogP contribution in [0.3, 0.4) is 0 Å². The Kier molecular flexibility index (Phi) is 9.44. The molecule has 7 nitrogen and oxygen atoms in total. The first-order chi connectivity index (χ1) is 17.9. The topological polar surface area (TPSA) is 102 Å². The van der Waals surface area contributed by atoms with Crippen LogP contribution in [0.2, 0.25) is 0 Å². The van der Waals surface area contributed by atoms with Crippen molar-refractivity contribution in [2.75, 3.05) is 13.1 Å². The monoisotopic (exact) mass is 524 g/mol. The van der Waals surface area contributed by atoms with Gasteiger partial charge in [0, 0.05) is 18.5 Å². The van der Waals surface area contributed by atoms with Crippen LogP contribution < -0.4 is 10.0 Å². The van der Waals surface area contributed by atoms with Crippen molar-refractivity contribution >= 4 is 16.1 Å². The number of amides is 2. The van der Waals surface area contributed by atoms with Gasteiger partial charge in [-0.05, 0) is 86.1 Å². The van der Waals surface area contributed by atoms with Crippen LogP contribution in [0, 0.1) is 29.1 Å². The average molecular weight is 525 g/mol. The molecule has 2 amide bonds. The largest absolute Gasteiger partial charge is 0.331 e. The van der Waals surface area contributed by atoms with Crippen LogP contribution in [0.15, 0.2) is 47.4 Å². The van der Waals surface area contributed by atoms with Crippen molar-refractivity contribution < 1.29 is 13.2 Å². The number of urea groups is 1. The molecule has 3 aliphatic carbocycles. The van der Waals surface area contributed by atoms with Crippen molar-refractivity contribution in [1.29, 1.82) is 5.26 Å². The van der Waals surface area contributed by atoms with E-state index in [9.17, 15) is 13.2 Å². The fraction of sp³-hybridized carbons (Fsp3) is 0.586. The molecule has 2 N–H and O–H groups in total. The molecular formula is C29H40N4O3S. The van der Waals surface area contributed by atoms with Crippen molar-refractivity contribution in [2.24, 2.45) is 17.8 Å². The number of rotatable bonds is 10. The second-order valence-corrected chi connectivity index (χ2v) is 12.3. The molecule has 4 atom stereocenters. The summed E-state index contributed by atoms with van der Waals surface area (Å²) in [6.07, 6.45) is 14.0. The molecule has 0 bridgehead atoms. The van der Waals surface area contributed by atoms with E-state index in [4.69, 9.17) is 5.26 Å². The number of hydrogen-bond acceptors (Lipinski definition) is 5. The number of unbranched alkanes of at least 4 members (excludes halogenated alkanes) is 1. The molecule has 3 aliphatic rings. The summed E-state index contributed by atoms with van der Waals surface area (Å²) in [5.41, 5.74) is 3.01. The fourth-order valence-corrected chi connectivity index (χ4v) is 7.13. The maximum Gasteiger partial charge on any atom is 0.329 e. The van der Waals surface area contributed by atoms with Gasteiger partial charge >= 0.3 is 6.03 Å².